The molecule has 4 amide bonds. The fourth-order valence-electron chi connectivity index (χ4n) is 4.82. The van der Waals surface area contributed by atoms with Crippen molar-refractivity contribution in [3.63, 3.8) is 0 Å². The van der Waals surface area contributed by atoms with Gasteiger partial charge in [-0.3, -0.25) is 9.59 Å². The maximum absolute atomic E-state index is 13.4. The van der Waals surface area contributed by atoms with Gasteiger partial charge in [-0.25, -0.2) is 14.8 Å². The second-order valence-corrected chi connectivity index (χ2v) is 8.91. The fourth-order valence-corrected chi connectivity index (χ4v) is 4.82. The van der Waals surface area contributed by atoms with Crippen LogP contribution < -0.4 is 5.32 Å². The predicted molar refractivity (Wildman–Crippen MR) is 129 cm³/mol. The summed E-state index contributed by atoms with van der Waals surface area (Å²) in [5, 5.41) is 6.25. The molecule has 8 nitrogen and oxygen atoms in total. The molecule has 2 aliphatic rings. The average molecular weight is 464 g/mol. The van der Waals surface area contributed by atoms with E-state index in [1.54, 1.807) is 22.0 Å². The first-order valence-electron chi connectivity index (χ1n) is 12.0. The zero-order valence-electron chi connectivity index (χ0n) is 19.9. The molecule has 2 aromatic carbocycles. The molecule has 0 aliphatic carbocycles. The van der Waals surface area contributed by atoms with E-state index in [-0.39, 0.29) is 24.4 Å². The van der Waals surface area contributed by atoms with Gasteiger partial charge in [-0.2, -0.15) is 0 Å². The van der Waals surface area contributed by atoms with E-state index in [0.29, 0.717) is 26.1 Å². The normalized spacial score (nSPS) is 20.9. The van der Waals surface area contributed by atoms with Gasteiger partial charge in [-0.15, -0.1) is 0 Å². The highest BCUT2D eigenvalue weighted by Gasteiger charge is 2.50. The molecule has 0 aromatic heterocycles. The van der Waals surface area contributed by atoms with E-state index in [1.165, 1.54) is 0 Å². The monoisotopic (exact) mass is 463 g/mol. The summed E-state index contributed by atoms with van der Waals surface area (Å²) in [6.45, 7) is 3.30. The van der Waals surface area contributed by atoms with Gasteiger partial charge in [0, 0.05) is 20.1 Å². The van der Waals surface area contributed by atoms with E-state index < -0.39 is 12.2 Å². The van der Waals surface area contributed by atoms with Crippen LogP contribution in [0, 0.1) is 0 Å². The SMILES string of the molecule is CCC[C@H]1C(=O)N(CCc2ccccc2)C[C@H]2N1C(=O)CN(C)N2C(=O)NCc1ccccc1. The Kier molecular flexibility index (Phi) is 7.47. The Bertz CT molecular complexity index is 1000. The summed E-state index contributed by atoms with van der Waals surface area (Å²) >= 11 is 0. The van der Waals surface area contributed by atoms with E-state index >= 15 is 0 Å². The van der Waals surface area contributed by atoms with Crippen LogP contribution in [0.2, 0.25) is 0 Å². The molecule has 2 atom stereocenters. The average Bonchev–Trinajstić information content (AvgIpc) is 2.84. The summed E-state index contributed by atoms with van der Waals surface area (Å²) in [4.78, 5) is 43.2. The molecule has 1 N–H and O–H groups in total. The fraction of sp³-hybridized carbons (Fsp3) is 0.423. The molecule has 180 valence electrons. The highest BCUT2D eigenvalue weighted by Crippen LogP contribution is 2.28. The number of nitrogens with zero attached hydrogens (tertiary/aromatic N) is 4. The summed E-state index contributed by atoms with van der Waals surface area (Å²) in [6, 6.07) is 18.9. The van der Waals surface area contributed by atoms with Gasteiger partial charge < -0.3 is 15.1 Å². The molecule has 0 saturated carbocycles. The molecular formula is C26H33N5O3. The maximum atomic E-state index is 13.4. The highest BCUT2D eigenvalue weighted by atomic mass is 16.2. The zero-order valence-corrected chi connectivity index (χ0v) is 19.9. The highest BCUT2D eigenvalue weighted by molar-refractivity contribution is 5.91. The molecule has 0 radical (unpaired) electrons. The summed E-state index contributed by atoms with van der Waals surface area (Å²) in [5.74, 6) is -0.148. The van der Waals surface area contributed by atoms with Crippen molar-refractivity contribution in [2.24, 2.45) is 0 Å². The van der Waals surface area contributed by atoms with Gasteiger partial charge in [0.2, 0.25) is 11.8 Å². The Hall–Kier alpha value is -3.39. The predicted octanol–water partition coefficient (Wildman–Crippen LogP) is 2.47. The number of piperazine rings is 1. The van der Waals surface area contributed by atoms with Crippen LogP contribution in [-0.4, -0.2) is 76.6 Å². The Balaban J connectivity index is 1.54. The van der Waals surface area contributed by atoms with E-state index in [9.17, 15) is 14.4 Å². The summed E-state index contributed by atoms with van der Waals surface area (Å²) < 4.78 is 0. The summed E-state index contributed by atoms with van der Waals surface area (Å²) in [6.07, 6.45) is 1.54. The van der Waals surface area contributed by atoms with Gasteiger partial charge in [0.1, 0.15) is 12.2 Å². The van der Waals surface area contributed by atoms with E-state index in [2.05, 4.69) is 5.32 Å². The van der Waals surface area contributed by atoms with Crippen LogP contribution in [0.1, 0.15) is 30.9 Å². The molecule has 2 aliphatic heterocycles. The lowest BCUT2D eigenvalue weighted by atomic mass is 10.0. The van der Waals surface area contributed by atoms with Crippen LogP contribution in [0.15, 0.2) is 60.7 Å². The van der Waals surface area contributed by atoms with Crippen LogP contribution >= 0.6 is 0 Å². The maximum Gasteiger partial charge on any atom is 0.334 e. The number of carbonyl (C=O) groups is 3. The number of rotatable bonds is 7. The lowest BCUT2D eigenvalue weighted by Crippen LogP contribution is -2.76. The van der Waals surface area contributed by atoms with Gasteiger partial charge in [0.15, 0.2) is 0 Å². The molecule has 0 bridgehead atoms. The molecule has 2 saturated heterocycles. The minimum absolute atomic E-state index is 0.0309. The zero-order chi connectivity index (χ0) is 24.1. The molecular weight excluding hydrogens is 430 g/mol. The van der Waals surface area contributed by atoms with E-state index in [4.69, 9.17) is 0 Å². The van der Waals surface area contributed by atoms with Crippen molar-refractivity contribution in [2.75, 3.05) is 26.7 Å². The minimum atomic E-state index is -0.551. The quantitative estimate of drug-likeness (QED) is 0.685. The van der Waals surface area contributed by atoms with Crippen LogP contribution in [-0.2, 0) is 22.6 Å². The minimum Gasteiger partial charge on any atom is -0.337 e. The summed E-state index contributed by atoms with van der Waals surface area (Å²) in [7, 11) is 1.75. The van der Waals surface area contributed by atoms with Gasteiger partial charge in [-0.05, 0) is 24.0 Å². The van der Waals surface area contributed by atoms with Crippen molar-refractivity contribution >= 4 is 17.8 Å². The van der Waals surface area contributed by atoms with Crippen molar-refractivity contribution < 1.29 is 14.4 Å². The van der Waals surface area contributed by atoms with Crippen molar-refractivity contribution in [3.8, 4) is 0 Å². The lowest BCUT2D eigenvalue weighted by molar-refractivity contribution is -0.187. The third kappa shape index (κ3) is 5.07. The van der Waals surface area contributed by atoms with Crippen LogP contribution in [0.3, 0.4) is 0 Å². The van der Waals surface area contributed by atoms with Gasteiger partial charge in [0.25, 0.3) is 0 Å². The topological polar surface area (TPSA) is 76.2 Å². The van der Waals surface area contributed by atoms with E-state index in [0.717, 1.165) is 24.0 Å². The number of nitrogens with one attached hydrogen (secondary N) is 1. The molecule has 0 unspecified atom stereocenters. The first-order valence-corrected chi connectivity index (χ1v) is 12.0. The number of likely N-dealkylation sites (N-methyl/N-ethyl adjacent to an activating group) is 1. The number of urea groups is 1. The Morgan fingerprint density at radius 3 is 2.29 bits per heavy atom. The molecule has 34 heavy (non-hydrogen) atoms. The second kappa shape index (κ2) is 10.7. The number of hydrogen-bond donors (Lipinski definition) is 1. The van der Waals surface area contributed by atoms with Crippen LogP contribution in [0.4, 0.5) is 4.79 Å². The van der Waals surface area contributed by atoms with E-state index in [1.807, 2.05) is 72.5 Å². The number of amides is 4. The molecule has 8 heteroatoms. The lowest BCUT2D eigenvalue weighted by Gasteiger charge is -2.54. The van der Waals surface area contributed by atoms with Crippen molar-refractivity contribution in [1.82, 2.24) is 25.1 Å². The smallest absolute Gasteiger partial charge is 0.334 e. The number of hydrogen-bond acceptors (Lipinski definition) is 4. The molecule has 2 heterocycles. The number of carbonyl (C=O) groups excluding carboxylic acids is 3. The third-order valence-corrected chi connectivity index (χ3v) is 6.51. The largest absolute Gasteiger partial charge is 0.337 e. The van der Waals surface area contributed by atoms with Gasteiger partial charge >= 0.3 is 6.03 Å². The van der Waals surface area contributed by atoms with Crippen molar-refractivity contribution in [2.45, 2.75) is 44.9 Å². The first kappa shape index (κ1) is 23.8. The number of fused-ring (bicyclic) bond motifs is 1. The van der Waals surface area contributed by atoms with Crippen LogP contribution in [0.5, 0.6) is 0 Å². The number of hydrazine groups is 1. The van der Waals surface area contributed by atoms with Crippen molar-refractivity contribution in [1.29, 1.82) is 0 Å². The Morgan fingerprint density at radius 2 is 1.65 bits per heavy atom. The van der Waals surface area contributed by atoms with Gasteiger partial charge in [0.05, 0.1) is 13.1 Å². The molecule has 0 spiro atoms. The Morgan fingerprint density at radius 1 is 1.00 bits per heavy atom. The molecule has 2 aromatic rings. The van der Waals surface area contributed by atoms with Crippen LogP contribution in [0.25, 0.3) is 0 Å². The first-order chi connectivity index (χ1) is 16.5. The summed E-state index contributed by atoms with van der Waals surface area (Å²) in [5.41, 5.74) is 2.15. The van der Waals surface area contributed by atoms with Crippen molar-refractivity contribution in [3.05, 3.63) is 71.8 Å². The van der Waals surface area contributed by atoms with Gasteiger partial charge in [-0.1, -0.05) is 74.0 Å². The third-order valence-electron chi connectivity index (χ3n) is 6.51. The number of benzene rings is 2. The Labute approximate surface area is 201 Å². The molecule has 4 rings (SSSR count). The standard InChI is InChI=1S/C26H33N5O3/c1-3-10-22-25(33)29(16-15-20-11-6-4-7-12-20)18-23-30(22)24(32)19-28(2)31(23)26(34)27-17-21-13-8-5-9-14-21/h4-9,11-14,22-23H,3,10,15-19H2,1-2H3,(H,27,34)/t22-,23-/m0/s1. The second-order valence-electron chi connectivity index (χ2n) is 8.91. The molecule has 2 fully saturated rings.